The first-order valence-electron chi connectivity index (χ1n) is 43.0. The van der Waals surface area contributed by atoms with E-state index >= 15 is 0 Å². The number of hydrogen-bond donors (Lipinski definition) is 4. The fourth-order valence-electron chi connectivity index (χ4n) is 15.1. The zero-order chi connectivity index (χ0) is 86.8. The molecule has 4 N–H and O–H groups in total. The molecule has 0 unspecified atom stereocenters. The van der Waals surface area contributed by atoms with E-state index in [0.717, 1.165) is 195 Å². The van der Waals surface area contributed by atoms with Gasteiger partial charge in [-0.3, -0.25) is 21.3 Å². The molecule has 4 aromatic carbocycles. The average molecular weight is 1720 g/mol. The SMILES string of the molecule is CN(C)Cc1cc(CN(C)C)cc(NC(=O)OCCCCO[Si](C)(C)CCC[Si](CCC[Si](C)(C)OCCCCOC(=O)Nc2cc(CN(C)C)cc(CN(C)C)c2)(CCC[Si](C)(C)OCCCCOC(=O)Nc2cc(CN(C)C)cc(CN(C)C)c2)CCC[Si](C)(C)OCCCCOC(=O)Nc2cc(CN(C)C)cc(CN(C)C)c2)c1. The molecule has 0 radical (unpaired) electrons. The van der Waals surface area contributed by atoms with E-state index in [2.05, 4.69) is 137 Å². The predicted octanol–water partition coefficient (Wildman–Crippen LogP) is 18.5. The molecule has 4 aromatic rings. The van der Waals surface area contributed by atoms with Gasteiger partial charge in [-0.05, 0) is 334 Å². The summed E-state index contributed by atoms with van der Waals surface area (Å²) in [6.45, 7) is 28.9. The first-order valence-corrected chi connectivity index (χ1v) is 58.3. The first kappa shape index (κ1) is 104. The summed E-state index contributed by atoms with van der Waals surface area (Å²) >= 11 is 0. The molecule has 0 heterocycles. The second-order valence-electron chi connectivity index (χ2n) is 37.3. The van der Waals surface area contributed by atoms with Crippen LogP contribution in [0.1, 0.15) is 122 Å². The Kier molecular flexibility index (Phi) is 48.1. The fourth-order valence-corrected chi connectivity index (χ4v) is 29.2. The molecule has 0 saturated carbocycles. The second kappa shape index (κ2) is 54.1. The van der Waals surface area contributed by atoms with Crippen LogP contribution >= 0.6 is 0 Å². The number of anilines is 4. The lowest BCUT2D eigenvalue weighted by Gasteiger charge is -2.36. The average Bonchev–Trinajstić information content (AvgIpc) is 0.866. The third-order valence-corrected chi connectivity index (χ3v) is 36.0. The summed E-state index contributed by atoms with van der Waals surface area (Å²) in [7, 11) is 22.4. The van der Waals surface area contributed by atoms with Crippen molar-refractivity contribution >= 4 is 88.5 Å². The number of carbonyl (C=O) groups is 4. The number of unbranched alkanes of at least 4 members (excludes halogenated alkanes) is 4. The van der Waals surface area contributed by atoms with Crippen molar-refractivity contribution in [3.05, 3.63) is 117 Å². The molecule has 117 heavy (non-hydrogen) atoms. The lowest BCUT2D eigenvalue weighted by Crippen LogP contribution is -2.39. The summed E-state index contributed by atoms with van der Waals surface area (Å²) < 4.78 is 50.3. The summed E-state index contributed by atoms with van der Waals surface area (Å²) in [5.74, 6) is 0. The van der Waals surface area contributed by atoms with Crippen molar-refractivity contribution < 1.29 is 55.8 Å². The van der Waals surface area contributed by atoms with Crippen LogP contribution in [0.5, 0.6) is 0 Å². The molecule has 0 aliphatic rings. The molecule has 29 heteroatoms. The summed E-state index contributed by atoms with van der Waals surface area (Å²) in [5, 5.41) is 12.0. The maximum absolute atomic E-state index is 13.1. The summed E-state index contributed by atoms with van der Waals surface area (Å²) in [5.41, 5.74) is 12.0. The Hall–Kier alpha value is -5.44. The standard InChI is InChI=1S/C88H160N12O12Si5/c1-93(2)65-73-53-74(66-94(3)4)58-81(57-73)89-85(101)105-37-25-29-41-109-113(17,18)45-33-49-117(50-34-46-114(19,20)110-42-30-26-38-106-86(102)90-82-59-75(67-95(5)6)54-76(60-82)68-96(7)8,51-35-47-115(21,22)111-43-31-27-39-107-87(103)91-83-61-77(69-97(9)10)55-78(62-83)70-98(11)12)52-36-48-116(23,24)112-44-32-28-40-108-88(104)92-84-63-79(71-99(13)14)56-80(64-84)72-100(15)16/h53-64H,25-52,65-72H2,1-24H3,(H,89,101)(H,90,102)(H,91,103)(H,92,104). The molecule has 664 valence electrons. The minimum absolute atomic E-state index is 0.318. The van der Waals surface area contributed by atoms with E-state index in [9.17, 15) is 19.2 Å². The Bertz CT molecular complexity index is 2970. The van der Waals surface area contributed by atoms with Crippen molar-refractivity contribution in [3.8, 4) is 0 Å². The Balaban J connectivity index is 1.47. The smallest absolute Gasteiger partial charge is 0.411 e. The summed E-state index contributed by atoms with van der Waals surface area (Å²) in [6.07, 6.45) is 8.86. The predicted molar refractivity (Wildman–Crippen MR) is 498 cm³/mol. The van der Waals surface area contributed by atoms with Gasteiger partial charge in [-0.15, -0.1) is 0 Å². The number of amides is 4. The van der Waals surface area contributed by atoms with Crippen LogP contribution in [0.4, 0.5) is 41.9 Å². The summed E-state index contributed by atoms with van der Waals surface area (Å²) in [6, 6.07) is 34.2. The highest BCUT2D eigenvalue weighted by molar-refractivity contribution is 6.81. The van der Waals surface area contributed by atoms with E-state index < -0.39 is 65.7 Å². The molecule has 0 spiro atoms. The van der Waals surface area contributed by atoms with Crippen LogP contribution in [-0.2, 0) is 89.0 Å². The lowest BCUT2D eigenvalue weighted by molar-refractivity contribution is 0.155. The van der Waals surface area contributed by atoms with Crippen molar-refractivity contribution in [2.24, 2.45) is 0 Å². The highest BCUT2D eigenvalue weighted by Crippen LogP contribution is 2.38. The summed E-state index contributed by atoms with van der Waals surface area (Å²) in [4.78, 5) is 69.5. The van der Waals surface area contributed by atoms with Gasteiger partial charge in [-0.1, -0.05) is 74.1 Å². The van der Waals surface area contributed by atoms with Gasteiger partial charge >= 0.3 is 24.4 Å². The lowest BCUT2D eigenvalue weighted by atomic mass is 10.1. The van der Waals surface area contributed by atoms with Gasteiger partial charge in [0.25, 0.3) is 0 Å². The minimum Gasteiger partial charge on any atom is -0.449 e. The van der Waals surface area contributed by atoms with Gasteiger partial charge in [0.1, 0.15) is 0 Å². The van der Waals surface area contributed by atoms with Crippen LogP contribution in [0.3, 0.4) is 0 Å². The van der Waals surface area contributed by atoms with E-state index in [1.54, 1.807) is 0 Å². The maximum Gasteiger partial charge on any atom is 0.411 e. The number of ether oxygens (including phenoxy) is 4. The van der Waals surface area contributed by atoms with Crippen molar-refractivity contribution in [2.45, 2.75) is 230 Å². The van der Waals surface area contributed by atoms with Gasteiger partial charge in [0, 0.05) is 102 Å². The van der Waals surface area contributed by atoms with E-state index in [-0.39, 0.29) is 0 Å². The molecule has 0 aliphatic heterocycles. The minimum atomic E-state index is -2.09. The molecule has 0 aliphatic carbocycles. The van der Waals surface area contributed by atoms with Gasteiger partial charge < -0.3 is 75.9 Å². The van der Waals surface area contributed by atoms with Gasteiger partial charge in [0.15, 0.2) is 33.3 Å². The van der Waals surface area contributed by atoms with Gasteiger partial charge in [-0.2, -0.15) is 0 Å². The molecule has 4 amide bonds. The normalized spacial score (nSPS) is 12.5. The maximum atomic E-state index is 13.1. The highest BCUT2D eigenvalue weighted by Gasteiger charge is 2.37. The molecular formula is C88H160N12O12Si5. The number of carbonyl (C=O) groups excluding carboxylic acids is 4. The monoisotopic (exact) mass is 1720 g/mol. The Morgan fingerprint density at radius 1 is 0.231 bits per heavy atom. The van der Waals surface area contributed by atoms with Gasteiger partial charge in [-0.25, -0.2) is 19.2 Å². The topological polar surface area (TPSA) is 216 Å². The van der Waals surface area contributed by atoms with E-state index in [0.29, 0.717) is 78.5 Å². The third kappa shape index (κ3) is 49.3. The molecule has 0 saturated heterocycles. The number of nitrogens with one attached hydrogen (secondary N) is 4. The number of benzene rings is 4. The molecule has 0 atom stereocenters. The van der Waals surface area contributed by atoms with E-state index in [1.165, 1.54) is 24.2 Å². The van der Waals surface area contributed by atoms with Crippen molar-refractivity contribution in [3.63, 3.8) is 0 Å². The third-order valence-electron chi connectivity index (χ3n) is 20.2. The molecule has 4 rings (SSSR count). The molecular weight excluding hydrogens is 1560 g/mol. The van der Waals surface area contributed by atoms with E-state index in [1.807, 2.05) is 161 Å². The molecule has 0 fully saturated rings. The van der Waals surface area contributed by atoms with Crippen molar-refractivity contribution in [2.75, 3.05) is 187 Å². The van der Waals surface area contributed by atoms with Crippen LogP contribution in [0.15, 0.2) is 72.8 Å². The van der Waals surface area contributed by atoms with E-state index in [4.69, 9.17) is 36.7 Å². The van der Waals surface area contributed by atoms with Crippen molar-refractivity contribution in [1.82, 2.24) is 39.2 Å². The fraction of sp³-hybridized carbons (Fsp3) is 0.682. The Morgan fingerprint density at radius 2 is 0.385 bits per heavy atom. The second-order valence-corrected chi connectivity index (χ2v) is 59.5. The zero-order valence-corrected chi connectivity index (χ0v) is 82.4. The Morgan fingerprint density at radius 3 is 0.538 bits per heavy atom. The Labute approximate surface area is 713 Å². The zero-order valence-electron chi connectivity index (χ0n) is 77.4. The van der Waals surface area contributed by atoms with Crippen molar-refractivity contribution in [1.29, 1.82) is 0 Å². The number of hydrogen-bond acceptors (Lipinski definition) is 20. The number of rotatable bonds is 60. The van der Waals surface area contributed by atoms with Gasteiger partial charge in [0.2, 0.25) is 0 Å². The number of nitrogens with zero attached hydrogens (tertiary/aromatic N) is 8. The molecule has 0 bridgehead atoms. The van der Waals surface area contributed by atoms with Gasteiger partial charge in [0.05, 0.1) is 34.5 Å². The highest BCUT2D eigenvalue weighted by atomic mass is 28.4. The molecule has 0 aromatic heterocycles. The van der Waals surface area contributed by atoms with Crippen LogP contribution in [-0.4, -0.2) is 271 Å². The van der Waals surface area contributed by atoms with Crippen LogP contribution in [0.2, 0.25) is 101 Å². The molecule has 24 nitrogen and oxygen atoms in total. The van der Waals surface area contributed by atoms with Crippen LogP contribution < -0.4 is 21.3 Å². The van der Waals surface area contributed by atoms with Crippen LogP contribution in [0.25, 0.3) is 0 Å². The first-order chi connectivity index (χ1) is 55.0. The largest absolute Gasteiger partial charge is 0.449 e. The quantitative estimate of drug-likeness (QED) is 0.0184. The van der Waals surface area contributed by atoms with Crippen LogP contribution in [0, 0.1) is 0 Å².